The molecule has 1 amide bonds. The topological polar surface area (TPSA) is 79.5 Å². The lowest BCUT2D eigenvalue weighted by Crippen LogP contribution is -2.25. The fourth-order valence-corrected chi connectivity index (χ4v) is 1.91. The van der Waals surface area contributed by atoms with E-state index in [4.69, 9.17) is 9.52 Å². The van der Waals surface area contributed by atoms with Crippen LogP contribution in [0.2, 0.25) is 0 Å². The van der Waals surface area contributed by atoms with Gasteiger partial charge in [-0.2, -0.15) is 0 Å². The van der Waals surface area contributed by atoms with E-state index in [9.17, 15) is 9.59 Å². The number of benzene rings is 1. The number of nitrogens with one attached hydrogen (secondary N) is 1. The Labute approximate surface area is 122 Å². The summed E-state index contributed by atoms with van der Waals surface area (Å²) in [6.07, 6.45) is 1.39. The molecule has 5 nitrogen and oxygen atoms in total. The number of aromatic carboxylic acids is 1. The maximum Gasteiger partial charge on any atom is 0.335 e. The van der Waals surface area contributed by atoms with Crippen molar-refractivity contribution in [1.29, 1.82) is 0 Å². The minimum Gasteiger partial charge on any atom is -0.478 e. The van der Waals surface area contributed by atoms with Crippen LogP contribution < -0.4 is 5.32 Å². The molecule has 5 heteroatoms. The summed E-state index contributed by atoms with van der Waals surface area (Å²) >= 11 is 0. The summed E-state index contributed by atoms with van der Waals surface area (Å²) in [5.41, 5.74) is 1.22. The van der Waals surface area contributed by atoms with Gasteiger partial charge in [-0.1, -0.05) is 19.1 Å². The Hall–Kier alpha value is -2.56. The van der Waals surface area contributed by atoms with E-state index < -0.39 is 5.97 Å². The summed E-state index contributed by atoms with van der Waals surface area (Å²) in [6, 6.07) is 10.1. The fraction of sp³-hybridized carbons (Fsp3) is 0.250. The predicted octanol–water partition coefficient (Wildman–Crippen LogP) is 2.51. The first-order valence-corrected chi connectivity index (χ1v) is 6.79. The molecule has 110 valence electrons. The van der Waals surface area contributed by atoms with Gasteiger partial charge in [-0.25, -0.2) is 4.79 Å². The van der Waals surface area contributed by atoms with Crippen molar-refractivity contribution >= 4 is 11.9 Å². The monoisotopic (exact) mass is 287 g/mol. The number of amides is 1. The number of furan rings is 1. The molecule has 1 heterocycles. The van der Waals surface area contributed by atoms with Gasteiger partial charge in [-0.05, 0) is 36.2 Å². The second kappa shape index (κ2) is 6.74. The zero-order valence-electron chi connectivity index (χ0n) is 11.8. The molecule has 0 aliphatic carbocycles. The largest absolute Gasteiger partial charge is 0.478 e. The number of carboxylic acids is 1. The maximum absolute atomic E-state index is 11.8. The van der Waals surface area contributed by atoms with Crippen LogP contribution in [0, 0.1) is 0 Å². The van der Waals surface area contributed by atoms with Gasteiger partial charge in [-0.3, -0.25) is 4.79 Å². The number of aryl methyl sites for hydroxylation is 1. The first kappa shape index (κ1) is 14.8. The van der Waals surface area contributed by atoms with Gasteiger partial charge in [0.1, 0.15) is 5.76 Å². The highest BCUT2D eigenvalue weighted by atomic mass is 16.4. The van der Waals surface area contributed by atoms with Gasteiger partial charge in [0.2, 0.25) is 0 Å². The van der Waals surface area contributed by atoms with E-state index >= 15 is 0 Å². The number of carbonyl (C=O) groups excluding carboxylic acids is 1. The van der Waals surface area contributed by atoms with Crippen LogP contribution in [0.3, 0.4) is 0 Å². The molecular formula is C16H17NO4. The maximum atomic E-state index is 11.8. The average molecular weight is 287 g/mol. The van der Waals surface area contributed by atoms with E-state index in [2.05, 4.69) is 5.32 Å². The van der Waals surface area contributed by atoms with Crippen molar-refractivity contribution in [3.05, 3.63) is 59.0 Å². The van der Waals surface area contributed by atoms with Crippen LogP contribution in [-0.4, -0.2) is 23.5 Å². The Kier molecular flexibility index (Phi) is 4.77. The third-order valence-electron chi connectivity index (χ3n) is 3.13. The van der Waals surface area contributed by atoms with Gasteiger partial charge in [-0.15, -0.1) is 0 Å². The normalized spacial score (nSPS) is 10.3. The van der Waals surface area contributed by atoms with Gasteiger partial charge in [0, 0.05) is 13.0 Å². The van der Waals surface area contributed by atoms with Crippen molar-refractivity contribution in [2.75, 3.05) is 6.54 Å². The standard InChI is InChI=1S/C16H17NO4/c1-2-13-7-8-14(21-13)15(18)17-10-9-11-3-5-12(6-4-11)16(19)20/h3-8H,2,9-10H2,1H3,(H,17,18)(H,19,20). The summed E-state index contributed by atoms with van der Waals surface area (Å²) in [5, 5.41) is 11.6. The molecule has 0 aliphatic heterocycles. The molecule has 2 rings (SSSR count). The second-order valence-electron chi connectivity index (χ2n) is 4.63. The third kappa shape index (κ3) is 3.95. The van der Waals surface area contributed by atoms with E-state index in [0.717, 1.165) is 17.7 Å². The zero-order valence-corrected chi connectivity index (χ0v) is 11.8. The minimum absolute atomic E-state index is 0.239. The van der Waals surface area contributed by atoms with E-state index in [0.29, 0.717) is 18.7 Å². The lowest BCUT2D eigenvalue weighted by Gasteiger charge is -2.04. The van der Waals surface area contributed by atoms with Gasteiger partial charge in [0.05, 0.1) is 5.56 Å². The van der Waals surface area contributed by atoms with Crippen LogP contribution in [0.1, 0.15) is 39.2 Å². The molecule has 0 bridgehead atoms. The Bertz CT molecular complexity index is 628. The summed E-state index contributed by atoms with van der Waals surface area (Å²) in [6.45, 7) is 2.43. The van der Waals surface area contributed by atoms with Gasteiger partial charge in [0.25, 0.3) is 5.91 Å². The van der Waals surface area contributed by atoms with Crippen molar-refractivity contribution in [2.24, 2.45) is 0 Å². The Morgan fingerprint density at radius 1 is 1.14 bits per heavy atom. The smallest absolute Gasteiger partial charge is 0.335 e. The van der Waals surface area contributed by atoms with Crippen molar-refractivity contribution in [3.63, 3.8) is 0 Å². The number of rotatable bonds is 6. The van der Waals surface area contributed by atoms with Crippen LogP contribution in [0.15, 0.2) is 40.8 Å². The van der Waals surface area contributed by atoms with Crippen LogP contribution in [0.4, 0.5) is 0 Å². The summed E-state index contributed by atoms with van der Waals surface area (Å²) in [4.78, 5) is 22.6. The number of hydrogen-bond acceptors (Lipinski definition) is 3. The van der Waals surface area contributed by atoms with E-state index in [1.807, 2.05) is 6.92 Å². The molecule has 0 fully saturated rings. The van der Waals surface area contributed by atoms with Gasteiger partial charge >= 0.3 is 5.97 Å². The quantitative estimate of drug-likeness (QED) is 0.855. The Morgan fingerprint density at radius 2 is 1.86 bits per heavy atom. The van der Waals surface area contributed by atoms with Gasteiger partial charge in [0.15, 0.2) is 5.76 Å². The van der Waals surface area contributed by atoms with E-state index in [1.54, 1.807) is 36.4 Å². The molecule has 0 unspecified atom stereocenters. The van der Waals surface area contributed by atoms with Crippen LogP contribution in [0.25, 0.3) is 0 Å². The zero-order chi connectivity index (χ0) is 15.2. The summed E-state index contributed by atoms with van der Waals surface area (Å²) in [5.74, 6) is -0.0891. The Morgan fingerprint density at radius 3 is 2.43 bits per heavy atom. The van der Waals surface area contributed by atoms with Crippen molar-refractivity contribution in [2.45, 2.75) is 19.8 Å². The number of carbonyl (C=O) groups is 2. The van der Waals surface area contributed by atoms with E-state index in [-0.39, 0.29) is 11.5 Å². The highest BCUT2D eigenvalue weighted by Crippen LogP contribution is 2.08. The first-order valence-electron chi connectivity index (χ1n) is 6.79. The molecule has 1 aromatic heterocycles. The summed E-state index contributed by atoms with van der Waals surface area (Å²) < 4.78 is 5.36. The molecule has 0 radical (unpaired) electrons. The summed E-state index contributed by atoms with van der Waals surface area (Å²) in [7, 11) is 0. The molecule has 1 aromatic carbocycles. The van der Waals surface area contributed by atoms with E-state index in [1.165, 1.54) is 0 Å². The molecule has 0 atom stereocenters. The predicted molar refractivity (Wildman–Crippen MR) is 77.5 cm³/mol. The molecule has 0 saturated carbocycles. The minimum atomic E-state index is -0.945. The molecule has 0 saturated heterocycles. The molecule has 0 spiro atoms. The van der Waals surface area contributed by atoms with Crippen molar-refractivity contribution in [1.82, 2.24) is 5.32 Å². The lowest BCUT2D eigenvalue weighted by atomic mass is 10.1. The van der Waals surface area contributed by atoms with Crippen LogP contribution >= 0.6 is 0 Å². The van der Waals surface area contributed by atoms with Crippen molar-refractivity contribution < 1.29 is 19.1 Å². The molecular weight excluding hydrogens is 270 g/mol. The second-order valence-corrected chi connectivity index (χ2v) is 4.63. The van der Waals surface area contributed by atoms with Gasteiger partial charge < -0.3 is 14.8 Å². The number of hydrogen-bond donors (Lipinski definition) is 2. The highest BCUT2D eigenvalue weighted by molar-refractivity contribution is 5.91. The molecule has 21 heavy (non-hydrogen) atoms. The first-order chi connectivity index (χ1) is 10.1. The van der Waals surface area contributed by atoms with Crippen molar-refractivity contribution in [3.8, 4) is 0 Å². The molecule has 2 N–H and O–H groups in total. The van der Waals surface area contributed by atoms with Crippen LogP contribution in [0.5, 0.6) is 0 Å². The lowest BCUT2D eigenvalue weighted by molar-refractivity contribution is 0.0696. The fourth-order valence-electron chi connectivity index (χ4n) is 1.91. The van der Waals surface area contributed by atoms with Crippen LogP contribution in [-0.2, 0) is 12.8 Å². The molecule has 2 aromatic rings. The highest BCUT2D eigenvalue weighted by Gasteiger charge is 2.09. The third-order valence-corrected chi connectivity index (χ3v) is 3.13. The molecule has 0 aliphatic rings. The Balaban J connectivity index is 1.83. The average Bonchev–Trinajstić information content (AvgIpc) is 2.96. The number of carboxylic acid groups (broad SMARTS) is 1. The SMILES string of the molecule is CCc1ccc(C(=O)NCCc2ccc(C(=O)O)cc2)o1.